The largest absolute Gasteiger partial charge is 0.305 e. The summed E-state index contributed by atoms with van der Waals surface area (Å²) in [5.41, 5.74) is 0.950. The third-order valence-corrected chi connectivity index (χ3v) is 2.26. The van der Waals surface area contributed by atoms with E-state index in [0.29, 0.717) is 11.5 Å². The molecule has 0 amide bonds. The number of hydrogen-bond acceptors (Lipinski definition) is 3. The molecule has 1 heterocycles. The molecule has 2 rings (SSSR count). The van der Waals surface area contributed by atoms with Crippen molar-refractivity contribution in [1.29, 1.82) is 5.26 Å². The Bertz CT molecular complexity index is 608. The third-order valence-electron chi connectivity index (χ3n) is 2.26. The molecule has 2 aromatic rings. The van der Waals surface area contributed by atoms with Crippen molar-refractivity contribution in [1.82, 2.24) is 9.97 Å². The average molecular weight is 211 g/mol. The van der Waals surface area contributed by atoms with E-state index in [-0.39, 0.29) is 5.56 Å². The van der Waals surface area contributed by atoms with Crippen LogP contribution in [-0.4, -0.2) is 9.97 Å². The first-order valence-corrected chi connectivity index (χ1v) is 4.79. The van der Waals surface area contributed by atoms with Crippen LogP contribution in [0.3, 0.4) is 0 Å². The van der Waals surface area contributed by atoms with Gasteiger partial charge in [-0.3, -0.25) is 4.79 Å². The molecule has 0 aliphatic heterocycles. The van der Waals surface area contributed by atoms with E-state index >= 15 is 0 Å². The minimum atomic E-state index is -0.395. The lowest BCUT2D eigenvalue weighted by atomic mass is 10.2. The molecule has 78 valence electrons. The molecule has 0 bridgehead atoms. The minimum absolute atomic E-state index is 0.0691. The van der Waals surface area contributed by atoms with Crippen LogP contribution in [0.4, 0.5) is 0 Å². The topological polar surface area (TPSA) is 69.5 Å². The third kappa shape index (κ3) is 1.71. The zero-order chi connectivity index (χ0) is 11.5. The molecule has 0 unspecified atom stereocenters. The highest BCUT2D eigenvalue weighted by Crippen LogP contribution is 2.13. The van der Waals surface area contributed by atoms with Gasteiger partial charge in [0.2, 0.25) is 0 Å². The Morgan fingerprint density at radius 3 is 2.56 bits per heavy atom. The Labute approximate surface area is 92.2 Å². The molecule has 0 aliphatic carbocycles. The second-order valence-electron chi connectivity index (χ2n) is 3.35. The fraction of sp³-hybridized carbons (Fsp3) is 0.0833. The smallest absolute Gasteiger partial charge is 0.269 e. The van der Waals surface area contributed by atoms with Gasteiger partial charge in [0.05, 0.1) is 5.69 Å². The first-order valence-electron chi connectivity index (χ1n) is 4.79. The molecule has 0 atom stereocenters. The van der Waals surface area contributed by atoms with Crippen LogP contribution >= 0.6 is 0 Å². The Hall–Kier alpha value is -2.41. The quantitative estimate of drug-likeness (QED) is 0.779. The highest BCUT2D eigenvalue weighted by atomic mass is 16.1. The van der Waals surface area contributed by atoms with Gasteiger partial charge < -0.3 is 4.98 Å². The molecule has 4 nitrogen and oxygen atoms in total. The molecule has 16 heavy (non-hydrogen) atoms. The predicted molar refractivity (Wildman–Crippen MR) is 59.7 cm³/mol. The van der Waals surface area contributed by atoms with Crippen LogP contribution in [0.2, 0.25) is 0 Å². The average Bonchev–Trinajstić information content (AvgIpc) is 2.30. The van der Waals surface area contributed by atoms with E-state index in [1.54, 1.807) is 6.92 Å². The lowest BCUT2D eigenvalue weighted by Crippen LogP contribution is -2.15. The maximum Gasteiger partial charge on any atom is 0.269 e. The highest BCUT2D eigenvalue weighted by Gasteiger charge is 2.07. The maximum absolute atomic E-state index is 11.5. The van der Waals surface area contributed by atoms with E-state index in [4.69, 9.17) is 5.26 Å². The van der Waals surface area contributed by atoms with Crippen molar-refractivity contribution in [2.75, 3.05) is 0 Å². The SMILES string of the molecule is Cc1nc(-c2ccccc2)[nH]c(=O)c1C#N. The van der Waals surface area contributed by atoms with E-state index in [9.17, 15) is 4.79 Å². The molecule has 0 fully saturated rings. The number of H-pyrrole nitrogens is 1. The summed E-state index contributed by atoms with van der Waals surface area (Å²) in [4.78, 5) is 18.3. The zero-order valence-corrected chi connectivity index (χ0v) is 8.69. The van der Waals surface area contributed by atoms with E-state index in [1.807, 2.05) is 36.4 Å². The van der Waals surface area contributed by atoms with Gasteiger partial charge in [0.25, 0.3) is 5.56 Å². The predicted octanol–water partition coefficient (Wildman–Crippen LogP) is 1.62. The van der Waals surface area contributed by atoms with E-state index < -0.39 is 5.56 Å². The number of aromatic amines is 1. The number of aromatic nitrogens is 2. The van der Waals surface area contributed by atoms with E-state index in [2.05, 4.69) is 9.97 Å². The monoisotopic (exact) mass is 211 g/mol. The van der Waals surface area contributed by atoms with Gasteiger partial charge in [0, 0.05) is 5.56 Å². The first-order chi connectivity index (χ1) is 7.72. The van der Waals surface area contributed by atoms with Crippen molar-refractivity contribution in [2.24, 2.45) is 0 Å². The standard InChI is InChI=1S/C12H9N3O/c1-8-10(7-13)12(16)15-11(14-8)9-5-3-2-4-6-9/h2-6H,1H3,(H,14,15,16). The van der Waals surface area contributed by atoms with Crippen LogP contribution in [0.15, 0.2) is 35.1 Å². The number of nitriles is 1. The summed E-state index contributed by atoms with van der Waals surface area (Å²) < 4.78 is 0. The van der Waals surface area contributed by atoms with Crippen molar-refractivity contribution in [3.63, 3.8) is 0 Å². The van der Waals surface area contributed by atoms with E-state index in [0.717, 1.165) is 5.56 Å². The van der Waals surface area contributed by atoms with Crippen molar-refractivity contribution in [3.05, 3.63) is 51.9 Å². The van der Waals surface area contributed by atoms with Crippen molar-refractivity contribution >= 4 is 0 Å². The Kier molecular flexibility index (Phi) is 2.52. The number of rotatable bonds is 1. The molecule has 4 heteroatoms. The molecule has 1 aromatic heterocycles. The summed E-state index contributed by atoms with van der Waals surface area (Å²) in [5.74, 6) is 0.488. The summed E-state index contributed by atoms with van der Waals surface area (Å²) in [6.45, 7) is 1.65. The van der Waals surface area contributed by atoms with Gasteiger partial charge in [-0.1, -0.05) is 30.3 Å². The Morgan fingerprint density at radius 1 is 1.31 bits per heavy atom. The van der Waals surface area contributed by atoms with Gasteiger partial charge in [-0.2, -0.15) is 5.26 Å². The van der Waals surface area contributed by atoms with Crippen LogP contribution in [-0.2, 0) is 0 Å². The molecule has 0 aliphatic rings. The molecule has 0 saturated carbocycles. The number of aryl methyl sites for hydroxylation is 1. The van der Waals surface area contributed by atoms with Crippen LogP contribution < -0.4 is 5.56 Å². The van der Waals surface area contributed by atoms with Crippen molar-refractivity contribution < 1.29 is 0 Å². The zero-order valence-electron chi connectivity index (χ0n) is 8.69. The second-order valence-corrected chi connectivity index (χ2v) is 3.35. The van der Waals surface area contributed by atoms with Gasteiger partial charge in [-0.15, -0.1) is 0 Å². The number of benzene rings is 1. The van der Waals surface area contributed by atoms with Gasteiger partial charge in [-0.05, 0) is 6.92 Å². The molecule has 1 N–H and O–H groups in total. The lowest BCUT2D eigenvalue weighted by molar-refractivity contribution is 1.06. The van der Waals surface area contributed by atoms with Crippen molar-refractivity contribution in [3.8, 4) is 17.5 Å². The molecule has 1 aromatic carbocycles. The van der Waals surface area contributed by atoms with Crippen LogP contribution in [0.25, 0.3) is 11.4 Å². The summed E-state index contributed by atoms with van der Waals surface area (Å²) >= 11 is 0. The first kappa shape index (κ1) is 10.1. The molecule has 0 saturated heterocycles. The van der Waals surface area contributed by atoms with Gasteiger partial charge in [0.15, 0.2) is 0 Å². The summed E-state index contributed by atoms with van der Waals surface area (Å²) in [7, 11) is 0. The van der Waals surface area contributed by atoms with Crippen LogP contribution in [0.1, 0.15) is 11.3 Å². The van der Waals surface area contributed by atoms with Gasteiger partial charge >= 0.3 is 0 Å². The highest BCUT2D eigenvalue weighted by molar-refractivity contribution is 5.55. The molecule has 0 radical (unpaired) electrons. The lowest BCUT2D eigenvalue weighted by Gasteiger charge is -2.02. The van der Waals surface area contributed by atoms with Crippen molar-refractivity contribution in [2.45, 2.75) is 6.92 Å². The van der Waals surface area contributed by atoms with Crippen LogP contribution in [0.5, 0.6) is 0 Å². The molecular formula is C12H9N3O. The number of nitrogens with zero attached hydrogens (tertiary/aromatic N) is 2. The van der Waals surface area contributed by atoms with Crippen LogP contribution in [0, 0.1) is 18.3 Å². The van der Waals surface area contributed by atoms with E-state index in [1.165, 1.54) is 0 Å². The number of nitrogens with one attached hydrogen (secondary N) is 1. The fourth-order valence-electron chi connectivity index (χ4n) is 1.45. The summed E-state index contributed by atoms with van der Waals surface area (Å²) in [5, 5.41) is 8.75. The maximum atomic E-state index is 11.5. The fourth-order valence-corrected chi connectivity index (χ4v) is 1.45. The Morgan fingerprint density at radius 2 is 2.00 bits per heavy atom. The van der Waals surface area contributed by atoms with Gasteiger partial charge in [0.1, 0.15) is 17.5 Å². The summed E-state index contributed by atoms with van der Waals surface area (Å²) in [6, 6.07) is 11.2. The minimum Gasteiger partial charge on any atom is -0.305 e. The second kappa shape index (κ2) is 3.99. The van der Waals surface area contributed by atoms with Gasteiger partial charge in [-0.25, -0.2) is 4.98 Å². The number of hydrogen-bond donors (Lipinski definition) is 1. The molecule has 0 spiro atoms. The summed E-state index contributed by atoms with van der Waals surface area (Å²) in [6.07, 6.45) is 0. The Balaban J connectivity index is 2.63. The molecular weight excluding hydrogens is 202 g/mol. The normalized spacial score (nSPS) is 9.75.